The van der Waals surface area contributed by atoms with E-state index in [0.717, 1.165) is 0 Å². The summed E-state index contributed by atoms with van der Waals surface area (Å²) in [6.45, 7) is 0. The topological polar surface area (TPSA) is 66.9 Å². The maximum Gasteiger partial charge on any atom is 0.260 e. The molecular weight excluding hydrogens is 332 g/mol. The Balaban J connectivity index is 2.30. The van der Waals surface area contributed by atoms with E-state index < -0.39 is 0 Å². The smallest absolute Gasteiger partial charge is 0.260 e. The molecule has 2 aromatic rings. The van der Waals surface area contributed by atoms with Gasteiger partial charge in [0.2, 0.25) is 0 Å². The lowest BCUT2D eigenvalue weighted by Gasteiger charge is -2.09. The molecule has 0 aromatic carbocycles. The highest BCUT2D eigenvalue weighted by Gasteiger charge is 2.14. The van der Waals surface area contributed by atoms with Gasteiger partial charge in [0.1, 0.15) is 5.82 Å². The van der Waals surface area contributed by atoms with Crippen molar-refractivity contribution >= 4 is 45.1 Å². The minimum absolute atomic E-state index is 0.316. The number of hydrogen-bond acceptors (Lipinski definition) is 4. The number of anilines is 2. The number of carbonyl (C=O) groups is 1. The van der Waals surface area contributed by atoms with Crippen LogP contribution in [0.25, 0.3) is 0 Å². The lowest BCUT2D eigenvalue weighted by atomic mass is 10.2. The highest BCUT2D eigenvalue weighted by atomic mass is 79.9. The Labute approximate surface area is 123 Å². The van der Waals surface area contributed by atoms with Crippen LogP contribution in [-0.4, -0.2) is 22.9 Å². The average molecular weight is 342 g/mol. The summed E-state index contributed by atoms with van der Waals surface area (Å²) in [5.41, 5.74) is 0.401. The van der Waals surface area contributed by atoms with Crippen molar-refractivity contribution in [1.82, 2.24) is 9.97 Å². The number of nitrogens with one attached hydrogen (secondary N) is 2. The molecule has 0 aliphatic rings. The summed E-state index contributed by atoms with van der Waals surface area (Å²) >= 11 is 9.22. The second kappa shape index (κ2) is 5.99. The predicted molar refractivity (Wildman–Crippen MR) is 78.7 cm³/mol. The van der Waals surface area contributed by atoms with Gasteiger partial charge in [0.15, 0.2) is 5.82 Å². The minimum Gasteiger partial charge on any atom is -0.372 e. The van der Waals surface area contributed by atoms with Crippen LogP contribution in [0, 0.1) is 0 Å². The van der Waals surface area contributed by atoms with Gasteiger partial charge in [-0.25, -0.2) is 9.97 Å². The Bertz CT molecular complexity index is 620. The van der Waals surface area contributed by atoms with Gasteiger partial charge in [-0.05, 0) is 34.1 Å². The Morgan fingerprint density at radius 3 is 2.84 bits per heavy atom. The molecule has 0 spiro atoms. The van der Waals surface area contributed by atoms with Crippen LogP contribution in [0.3, 0.4) is 0 Å². The van der Waals surface area contributed by atoms with Crippen LogP contribution in [0.15, 0.2) is 35.1 Å². The van der Waals surface area contributed by atoms with E-state index in [2.05, 4.69) is 36.5 Å². The van der Waals surface area contributed by atoms with Gasteiger partial charge in [0.05, 0.1) is 10.6 Å². The molecule has 1 amide bonds. The number of amides is 1. The first-order chi connectivity index (χ1) is 9.11. The third-order valence-corrected chi connectivity index (χ3v) is 3.06. The summed E-state index contributed by atoms with van der Waals surface area (Å²) in [6, 6.07) is 5.02. The molecule has 2 N–H and O–H groups in total. The molecule has 98 valence electrons. The van der Waals surface area contributed by atoms with Crippen LogP contribution in [0.2, 0.25) is 5.02 Å². The summed E-state index contributed by atoms with van der Waals surface area (Å²) in [5, 5.41) is 5.88. The lowest BCUT2D eigenvalue weighted by Crippen LogP contribution is -2.16. The van der Waals surface area contributed by atoms with Gasteiger partial charge in [0, 0.05) is 23.9 Å². The van der Waals surface area contributed by atoms with Crippen molar-refractivity contribution in [3.8, 4) is 0 Å². The van der Waals surface area contributed by atoms with Crippen molar-refractivity contribution in [2.45, 2.75) is 0 Å². The zero-order valence-corrected chi connectivity index (χ0v) is 12.3. The van der Waals surface area contributed by atoms with Crippen molar-refractivity contribution < 1.29 is 4.79 Å². The van der Waals surface area contributed by atoms with Gasteiger partial charge in [0.25, 0.3) is 5.91 Å². The number of aromatic nitrogens is 2. The van der Waals surface area contributed by atoms with Gasteiger partial charge in [-0.2, -0.15) is 0 Å². The van der Waals surface area contributed by atoms with E-state index in [1.54, 1.807) is 37.6 Å². The monoisotopic (exact) mass is 340 g/mol. The van der Waals surface area contributed by atoms with Crippen LogP contribution in [0.4, 0.5) is 11.6 Å². The first kappa shape index (κ1) is 13.8. The van der Waals surface area contributed by atoms with E-state index in [9.17, 15) is 4.79 Å². The third-order valence-electron chi connectivity index (χ3n) is 2.33. The third kappa shape index (κ3) is 3.21. The van der Waals surface area contributed by atoms with Crippen LogP contribution >= 0.6 is 27.5 Å². The zero-order chi connectivity index (χ0) is 13.8. The van der Waals surface area contributed by atoms with Gasteiger partial charge >= 0.3 is 0 Å². The summed E-state index contributed by atoms with van der Waals surface area (Å²) in [4.78, 5) is 20.3. The number of rotatable bonds is 3. The predicted octanol–water partition coefficient (Wildman–Crippen LogP) is 3.19. The zero-order valence-electron chi connectivity index (χ0n) is 9.95. The number of pyridine rings is 2. The number of carbonyl (C=O) groups excluding carboxylic acids is 1. The quantitative estimate of drug-likeness (QED) is 0.900. The highest BCUT2D eigenvalue weighted by Crippen LogP contribution is 2.21. The molecule has 0 atom stereocenters. The van der Waals surface area contributed by atoms with Crippen molar-refractivity contribution in [2.75, 3.05) is 17.7 Å². The summed E-state index contributed by atoms with van der Waals surface area (Å²) in [5.74, 6) is 0.461. The van der Waals surface area contributed by atoms with Crippen LogP contribution < -0.4 is 10.6 Å². The molecule has 0 aliphatic carbocycles. The molecule has 0 saturated carbocycles. The van der Waals surface area contributed by atoms with Crippen molar-refractivity contribution in [3.63, 3.8) is 0 Å². The summed E-state index contributed by atoms with van der Waals surface area (Å²) in [6.07, 6.45) is 3.16. The Morgan fingerprint density at radius 2 is 2.16 bits per heavy atom. The molecule has 0 saturated heterocycles. The molecule has 0 fully saturated rings. The first-order valence-electron chi connectivity index (χ1n) is 5.37. The maximum atomic E-state index is 12.2. The molecule has 2 aromatic heterocycles. The molecule has 19 heavy (non-hydrogen) atoms. The summed E-state index contributed by atoms with van der Waals surface area (Å²) in [7, 11) is 1.70. The lowest BCUT2D eigenvalue weighted by molar-refractivity contribution is 0.102. The Kier molecular flexibility index (Phi) is 4.34. The van der Waals surface area contributed by atoms with E-state index in [4.69, 9.17) is 11.6 Å². The molecule has 7 heteroatoms. The SMILES string of the molecule is CNc1ncc(Br)cc1C(=O)Nc1ncccc1Cl. The minimum atomic E-state index is -0.334. The fourth-order valence-corrected chi connectivity index (χ4v) is 1.96. The van der Waals surface area contributed by atoms with E-state index in [1.807, 2.05) is 0 Å². The molecule has 0 aliphatic heterocycles. The fourth-order valence-electron chi connectivity index (χ4n) is 1.46. The maximum absolute atomic E-state index is 12.2. The van der Waals surface area contributed by atoms with Gasteiger partial charge in [-0.15, -0.1) is 0 Å². The van der Waals surface area contributed by atoms with E-state index in [-0.39, 0.29) is 5.91 Å². The van der Waals surface area contributed by atoms with Crippen LogP contribution in [-0.2, 0) is 0 Å². The number of nitrogens with zero attached hydrogens (tertiary/aromatic N) is 2. The molecular formula is C12H10BrClN4O. The van der Waals surface area contributed by atoms with E-state index in [0.29, 0.717) is 26.7 Å². The van der Waals surface area contributed by atoms with Gasteiger partial charge in [-0.3, -0.25) is 4.79 Å². The molecule has 0 radical (unpaired) electrons. The molecule has 2 heterocycles. The van der Waals surface area contributed by atoms with Crippen LogP contribution in [0.1, 0.15) is 10.4 Å². The van der Waals surface area contributed by atoms with Crippen molar-refractivity contribution in [3.05, 3.63) is 45.7 Å². The molecule has 0 bridgehead atoms. The number of hydrogen-bond donors (Lipinski definition) is 2. The van der Waals surface area contributed by atoms with Gasteiger partial charge in [-0.1, -0.05) is 11.6 Å². The van der Waals surface area contributed by atoms with E-state index in [1.165, 1.54) is 0 Å². The van der Waals surface area contributed by atoms with Crippen molar-refractivity contribution in [1.29, 1.82) is 0 Å². The van der Waals surface area contributed by atoms with Gasteiger partial charge < -0.3 is 10.6 Å². The van der Waals surface area contributed by atoms with E-state index >= 15 is 0 Å². The Hall–Kier alpha value is -1.66. The normalized spacial score (nSPS) is 10.1. The van der Waals surface area contributed by atoms with Crippen LogP contribution in [0.5, 0.6) is 0 Å². The highest BCUT2D eigenvalue weighted by molar-refractivity contribution is 9.10. The average Bonchev–Trinajstić information content (AvgIpc) is 2.41. The second-order valence-electron chi connectivity index (χ2n) is 3.59. The standard InChI is InChI=1S/C12H10BrClN4O/c1-15-10-8(5-7(13)6-17-10)12(19)18-11-9(14)3-2-4-16-11/h2-6H,1H3,(H,15,17)(H,16,18,19). The largest absolute Gasteiger partial charge is 0.372 e. The second-order valence-corrected chi connectivity index (χ2v) is 4.91. The molecule has 5 nitrogen and oxygen atoms in total. The summed E-state index contributed by atoms with van der Waals surface area (Å²) < 4.78 is 0.712. The first-order valence-corrected chi connectivity index (χ1v) is 6.54. The number of halogens is 2. The van der Waals surface area contributed by atoms with Crippen molar-refractivity contribution in [2.24, 2.45) is 0 Å². The molecule has 0 unspecified atom stereocenters. The Morgan fingerprint density at radius 1 is 1.37 bits per heavy atom. The fraction of sp³-hybridized carbons (Fsp3) is 0.0833. The molecule has 2 rings (SSSR count).